The molecule has 0 saturated carbocycles. The molecular weight excluding hydrogens is 355 g/mol. The highest BCUT2D eigenvalue weighted by Crippen LogP contribution is 2.29. The van der Waals surface area contributed by atoms with Crippen molar-refractivity contribution in [1.82, 2.24) is 9.97 Å². The summed E-state index contributed by atoms with van der Waals surface area (Å²) >= 11 is 0. The summed E-state index contributed by atoms with van der Waals surface area (Å²) in [5.74, 6) is -0.395. The molecule has 0 unspecified atom stereocenters. The van der Waals surface area contributed by atoms with Crippen LogP contribution in [-0.2, 0) is 0 Å². The van der Waals surface area contributed by atoms with E-state index in [1.165, 1.54) is 6.07 Å². The van der Waals surface area contributed by atoms with Crippen LogP contribution in [0.1, 0.15) is 23.1 Å². The lowest BCUT2D eigenvalue weighted by atomic mass is 10.1. The second-order valence-corrected chi connectivity index (χ2v) is 5.90. The number of nitrogens with one attached hydrogen (secondary N) is 1. The highest BCUT2D eigenvalue weighted by atomic mass is 19.1. The van der Waals surface area contributed by atoms with Crippen molar-refractivity contribution in [3.63, 3.8) is 0 Å². The van der Waals surface area contributed by atoms with Gasteiger partial charge in [-0.25, -0.2) is 14.4 Å². The average molecular weight is 374 g/mol. The fourth-order valence-corrected chi connectivity index (χ4v) is 2.77. The van der Waals surface area contributed by atoms with E-state index in [2.05, 4.69) is 21.9 Å². The highest BCUT2D eigenvalue weighted by molar-refractivity contribution is 6.01. The molecule has 3 rings (SSSR count). The third-order valence-electron chi connectivity index (χ3n) is 4.10. The summed E-state index contributed by atoms with van der Waals surface area (Å²) in [6.07, 6.45) is 7.08. The molecule has 3 N–H and O–H groups in total. The molecule has 0 fully saturated rings. The monoisotopic (exact) mass is 374 g/mol. The number of rotatable bonds is 6. The summed E-state index contributed by atoms with van der Waals surface area (Å²) in [4.78, 5) is 20.7. The number of primary amides is 1. The Bertz CT molecular complexity index is 1120. The predicted molar refractivity (Wildman–Crippen MR) is 111 cm³/mol. The van der Waals surface area contributed by atoms with Crippen LogP contribution < -0.4 is 11.1 Å². The molecular formula is C22H19FN4O. The Morgan fingerprint density at radius 1 is 1.18 bits per heavy atom. The van der Waals surface area contributed by atoms with Crippen LogP contribution in [0.15, 0.2) is 73.3 Å². The van der Waals surface area contributed by atoms with E-state index in [9.17, 15) is 9.18 Å². The first-order valence-electron chi connectivity index (χ1n) is 8.63. The van der Waals surface area contributed by atoms with E-state index in [1.54, 1.807) is 48.6 Å². The normalized spacial score (nSPS) is 11.7. The van der Waals surface area contributed by atoms with E-state index in [-0.39, 0.29) is 16.8 Å². The van der Waals surface area contributed by atoms with Crippen molar-refractivity contribution in [2.24, 2.45) is 5.73 Å². The summed E-state index contributed by atoms with van der Waals surface area (Å²) in [6, 6.07) is 11.4. The quantitative estimate of drug-likeness (QED) is 0.610. The van der Waals surface area contributed by atoms with Crippen molar-refractivity contribution >= 4 is 33.9 Å². The van der Waals surface area contributed by atoms with E-state index >= 15 is 0 Å². The molecule has 2 aromatic carbocycles. The Morgan fingerprint density at radius 2 is 1.96 bits per heavy atom. The number of aromatic nitrogens is 2. The number of nitrogens with two attached hydrogens (primary N) is 1. The van der Waals surface area contributed by atoms with Crippen molar-refractivity contribution in [2.45, 2.75) is 6.92 Å². The Kier molecular flexibility index (Phi) is 5.60. The standard InChI is InChI=1S/C22H19FN4O/c1-3-5-9-14(4-2)21-26-18-13-8-11-16(23)19(18)22(27-21)25-17-12-7-6-10-15(17)20(24)28/h3-13H,1H2,2H3,(H2,24,28)(H,25,26,27)/b9-5-,14-4+. The van der Waals surface area contributed by atoms with Gasteiger partial charge in [0.25, 0.3) is 5.91 Å². The minimum absolute atomic E-state index is 0.230. The maximum atomic E-state index is 14.6. The first-order valence-corrected chi connectivity index (χ1v) is 8.63. The number of para-hydroxylation sites is 1. The summed E-state index contributed by atoms with van der Waals surface area (Å²) in [5.41, 5.74) is 7.36. The number of anilines is 2. The maximum absolute atomic E-state index is 14.6. The van der Waals surface area contributed by atoms with Crippen molar-refractivity contribution in [3.8, 4) is 0 Å². The molecule has 140 valence electrons. The molecule has 1 amide bonds. The van der Waals surface area contributed by atoms with Crippen LogP contribution in [0.4, 0.5) is 15.9 Å². The lowest BCUT2D eigenvalue weighted by Crippen LogP contribution is -2.13. The Labute approximate surface area is 162 Å². The van der Waals surface area contributed by atoms with Gasteiger partial charge in [-0.3, -0.25) is 4.79 Å². The Balaban J connectivity index is 2.22. The van der Waals surface area contributed by atoms with Crippen LogP contribution in [-0.4, -0.2) is 15.9 Å². The zero-order valence-corrected chi connectivity index (χ0v) is 15.3. The molecule has 5 nitrogen and oxygen atoms in total. The zero-order valence-electron chi connectivity index (χ0n) is 15.3. The van der Waals surface area contributed by atoms with Gasteiger partial charge in [0.15, 0.2) is 5.82 Å². The number of amides is 1. The van der Waals surface area contributed by atoms with E-state index in [0.29, 0.717) is 17.0 Å². The van der Waals surface area contributed by atoms with Gasteiger partial charge in [-0.15, -0.1) is 0 Å². The third kappa shape index (κ3) is 3.81. The molecule has 0 bridgehead atoms. The van der Waals surface area contributed by atoms with Gasteiger partial charge >= 0.3 is 0 Å². The lowest BCUT2D eigenvalue weighted by molar-refractivity contribution is 0.100. The van der Waals surface area contributed by atoms with Gasteiger partial charge in [0.05, 0.1) is 22.2 Å². The zero-order chi connectivity index (χ0) is 20.1. The molecule has 0 aliphatic rings. The van der Waals surface area contributed by atoms with Gasteiger partial charge in [0.1, 0.15) is 11.6 Å². The van der Waals surface area contributed by atoms with Gasteiger partial charge in [-0.1, -0.05) is 49.1 Å². The van der Waals surface area contributed by atoms with Crippen LogP contribution in [0.2, 0.25) is 0 Å². The summed E-state index contributed by atoms with van der Waals surface area (Å²) < 4.78 is 14.6. The van der Waals surface area contributed by atoms with Crippen LogP contribution in [0.3, 0.4) is 0 Å². The highest BCUT2D eigenvalue weighted by Gasteiger charge is 2.15. The van der Waals surface area contributed by atoms with Crippen LogP contribution >= 0.6 is 0 Å². The average Bonchev–Trinajstić information content (AvgIpc) is 2.69. The van der Waals surface area contributed by atoms with E-state index < -0.39 is 11.7 Å². The molecule has 28 heavy (non-hydrogen) atoms. The molecule has 0 aliphatic carbocycles. The number of nitrogens with zero attached hydrogens (tertiary/aromatic N) is 2. The van der Waals surface area contributed by atoms with Crippen LogP contribution in [0.5, 0.6) is 0 Å². The minimum Gasteiger partial charge on any atom is -0.366 e. The predicted octanol–water partition coefficient (Wildman–Crippen LogP) is 4.76. The Morgan fingerprint density at radius 3 is 2.68 bits per heavy atom. The molecule has 0 aliphatic heterocycles. The van der Waals surface area contributed by atoms with Crippen LogP contribution in [0.25, 0.3) is 16.5 Å². The number of carbonyl (C=O) groups is 1. The molecule has 6 heteroatoms. The maximum Gasteiger partial charge on any atom is 0.250 e. The second-order valence-electron chi connectivity index (χ2n) is 5.90. The van der Waals surface area contributed by atoms with E-state index in [4.69, 9.17) is 5.73 Å². The SMILES string of the molecule is C=C/C=C\C(=C/C)c1nc(Nc2ccccc2C(N)=O)c2c(F)cccc2n1. The lowest BCUT2D eigenvalue weighted by Gasteiger charge is -2.13. The number of allylic oxidation sites excluding steroid dienone is 5. The second kappa shape index (κ2) is 8.26. The van der Waals surface area contributed by atoms with Gasteiger partial charge < -0.3 is 11.1 Å². The molecule has 0 radical (unpaired) electrons. The first kappa shape index (κ1) is 19.0. The number of halogens is 1. The molecule has 0 spiro atoms. The van der Waals surface area contributed by atoms with Gasteiger partial charge in [-0.2, -0.15) is 0 Å². The Hall–Kier alpha value is -3.80. The fraction of sp³-hybridized carbons (Fsp3) is 0.0455. The number of carbonyl (C=O) groups excluding carboxylic acids is 1. The molecule has 3 aromatic rings. The molecule has 0 saturated heterocycles. The molecule has 1 heterocycles. The van der Waals surface area contributed by atoms with Crippen molar-refractivity contribution in [2.75, 3.05) is 5.32 Å². The van der Waals surface area contributed by atoms with Crippen molar-refractivity contribution in [3.05, 3.63) is 90.6 Å². The smallest absolute Gasteiger partial charge is 0.250 e. The topological polar surface area (TPSA) is 80.9 Å². The third-order valence-corrected chi connectivity index (χ3v) is 4.10. The summed E-state index contributed by atoms with van der Waals surface area (Å²) in [7, 11) is 0. The first-order chi connectivity index (χ1) is 13.5. The van der Waals surface area contributed by atoms with Gasteiger partial charge in [0.2, 0.25) is 0 Å². The number of fused-ring (bicyclic) bond motifs is 1. The fourth-order valence-electron chi connectivity index (χ4n) is 2.77. The molecule has 1 aromatic heterocycles. The van der Waals surface area contributed by atoms with E-state index in [0.717, 1.165) is 5.57 Å². The summed E-state index contributed by atoms with van der Waals surface area (Å²) in [5, 5.41) is 3.28. The van der Waals surface area contributed by atoms with Crippen LogP contribution in [0, 0.1) is 5.82 Å². The number of benzene rings is 2. The van der Waals surface area contributed by atoms with Gasteiger partial charge in [-0.05, 0) is 31.2 Å². The minimum atomic E-state index is -0.592. The van der Waals surface area contributed by atoms with E-state index in [1.807, 2.05) is 19.1 Å². The van der Waals surface area contributed by atoms with Crippen molar-refractivity contribution in [1.29, 1.82) is 0 Å². The number of hydrogen-bond donors (Lipinski definition) is 2. The van der Waals surface area contributed by atoms with Crippen molar-refractivity contribution < 1.29 is 9.18 Å². The number of hydrogen-bond acceptors (Lipinski definition) is 4. The largest absolute Gasteiger partial charge is 0.366 e. The van der Waals surface area contributed by atoms with Gasteiger partial charge in [0, 0.05) is 5.57 Å². The summed E-state index contributed by atoms with van der Waals surface area (Å²) in [6.45, 7) is 5.52. The molecule has 0 atom stereocenters.